The average Bonchev–Trinajstić information content (AvgIpc) is 3.58. The maximum absolute atomic E-state index is 14.7. The smallest absolute Gasteiger partial charge is 0.231 e. The van der Waals surface area contributed by atoms with Crippen molar-refractivity contribution in [2.75, 3.05) is 0 Å². The molecule has 2 amide bonds. The van der Waals surface area contributed by atoms with Gasteiger partial charge in [-0.25, -0.2) is 0 Å². The Labute approximate surface area is 230 Å². The number of hydrogen-bond donors (Lipinski definition) is 2. The van der Waals surface area contributed by atoms with Gasteiger partial charge in [0.2, 0.25) is 11.8 Å². The molecule has 0 spiro atoms. The van der Waals surface area contributed by atoms with Crippen LogP contribution in [0.2, 0.25) is 0 Å². The maximum Gasteiger partial charge on any atom is 0.231 e. The summed E-state index contributed by atoms with van der Waals surface area (Å²) in [4.78, 5) is 55.0. The first-order chi connectivity index (χ1) is 19.4. The number of ketones is 2. The number of aliphatic hydroxyl groups is 1. The molecule has 2 fully saturated rings. The third-order valence-electron chi connectivity index (χ3n) is 9.34. The highest BCUT2D eigenvalue weighted by Crippen LogP contribution is 2.63. The van der Waals surface area contributed by atoms with E-state index in [9.17, 15) is 24.3 Å². The number of rotatable bonds is 4. The Balaban J connectivity index is 1.51. The molecular weight excluding hydrogens is 506 g/mol. The second kappa shape index (κ2) is 9.10. The van der Waals surface area contributed by atoms with Gasteiger partial charge >= 0.3 is 0 Å². The van der Waals surface area contributed by atoms with Crippen molar-refractivity contribution in [1.29, 1.82) is 0 Å². The third-order valence-corrected chi connectivity index (χ3v) is 9.34. The monoisotopic (exact) mass is 533 g/mol. The normalized spacial score (nSPS) is 31.1. The first-order valence-corrected chi connectivity index (χ1v) is 13.6. The van der Waals surface area contributed by atoms with E-state index in [2.05, 4.69) is 5.32 Å². The zero-order valence-corrected chi connectivity index (χ0v) is 21.6. The first kappa shape index (κ1) is 24.7. The molecule has 2 heterocycles. The lowest BCUT2D eigenvalue weighted by Crippen LogP contribution is -2.58. The molecule has 3 aliphatic carbocycles. The number of nitrogens with one attached hydrogen (secondary N) is 1. The van der Waals surface area contributed by atoms with Crippen LogP contribution in [-0.2, 0) is 31.2 Å². The second-order valence-electron chi connectivity index (χ2n) is 11.1. The van der Waals surface area contributed by atoms with E-state index in [1.807, 2.05) is 66.7 Å². The standard InChI is InChI=1S/C33H27NO6/c35-17-20-11-14-26(40-20)29-21-12-13-22-28(32(39)34-31(22)38)24(21)15-25-30(37)23(18-7-3-1-4-8-18)16-27(36)33(25,29)19-9-5-2-6-10-19/h1-12,14,16,22,24-25,28-29,35H,13,15,17H2,(H,34,38,39)/t22-,24+,25-,28-,29+,33-/m0/s1. The summed E-state index contributed by atoms with van der Waals surface area (Å²) in [6.07, 6.45) is 4.07. The van der Waals surface area contributed by atoms with E-state index in [4.69, 9.17) is 4.42 Å². The van der Waals surface area contributed by atoms with Gasteiger partial charge in [0.25, 0.3) is 0 Å². The number of Topliss-reactive ketones (excluding diaryl/α,β-unsaturated/α-hetero) is 1. The summed E-state index contributed by atoms with van der Waals surface area (Å²) in [7, 11) is 0. The minimum Gasteiger partial charge on any atom is -0.463 e. The van der Waals surface area contributed by atoms with Gasteiger partial charge in [0.15, 0.2) is 11.6 Å². The first-order valence-electron chi connectivity index (χ1n) is 13.6. The van der Waals surface area contributed by atoms with E-state index in [1.165, 1.54) is 6.08 Å². The van der Waals surface area contributed by atoms with E-state index >= 15 is 0 Å². The van der Waals surface area contributed by atoms with Crippen molar-refractivity contribution < 1.29 is 28.7 Å². The highest BCUT2D eigenvalue weighted by Gasteiger charge is 2.65. The Bertz CT molecular complexity index is 1620. The van der Waals surface area contributed by atoms with E-state index in [1.54, 1.807) is 12.1 Å². The molecule has 2 N–H and O–H groups in total. The highest BCUT2D eigenvalue weighted by molar-refractivity contribution is 6.31. The van der Waals surface area contributed by atoms with Crippen LogP contribution in [0.3, 0.4) is 0 Å². The van der Waals surface area contributed by atoms with Crippen molar-refractivity contribution in [1.82, 2.24) is 5.32 Å². The van der Waals surface area contributed by atoms with Crippen LogP contribution < -0.4 is 5.32 Å². The summed E-state index contributed by atoms with van der Waals surface area (Å²) in [6, 6.07) is 21.9. The Kier molecular flexibility index (Phi) is 5.61. The number of furan rings is 1. The minimum absolute atomic E-state index is 0.167. The predicted molar refractivity (Wildman–Crippen MR) is 144 cm³/mol. The second-order valence-corrected chi connectivity index (χ2v) is 11.1. The molecule has 0 radical (unpaired) electrons. The molecule has 1 saturated heterocycles. The number of amides is 2. The van der Waals surface area contributed by atoms with Crippen molar-refractivity contribution in [3.05, 3.63) is 113 Å². The molecule has 3 aromatic rings. The van der Waals surface area contributed by atoms with Crippen LogP contribution in [0.15, 0.2) is 94.9 Å². The zero-order chi connectivity index (χ0) is 27.6. The van der Waals surface area contributed by atoms with Crippen LogP contribution in [0.25, 0.3) is 5.57 Å². The van der Waals surface area contributed by atoms with Crippen LogP contribution in [0.4, 0.5) is 0 Å². The molecule has 2 aromatic carbocycles. The summed E-state index contributed by atoms with van der Waals surface area (Å²) in [6.45, 7) is -0.316. The number of benzene rings is 2. The van der Waals surface area contributed by atoms with Crippen LogP contribution >= 0.6 is 0 Å². The quantitative estimate of drug-likeness (QED) is 0.389. The minimum atomic E-state index is -1.32. The molecule has 7 nitrogen and oxygen atoms in total. The molecule has 40 heavy (non-hydrogen) atoms. The molecule has 6 atom stereocenters. The zero-order valence-electron chi connectivity index (χ0n) is 21.6. The molecule has 0 unspecified atom stereocenters. The van der Waals surface area contributed by atoms with Crippen molar-refractivity contribution in [3.63, 3.8) is 0 Å². The Morgan fingerprint density at radius 2 is 1.60 bits per heavy atom. The van der Waals surface area contributed by atoms with E-state index in [0.29, 0.717) is 34.6 Å². The van der Waals surface area contributed by atoms with Crippen molar-refractivity contribution in [2.45, 2.75) is 30.8 Å². The van der Waals surface area contributed by atoms with Crippen LogP contribution in [0.5, 0.6) is 0 Å². The average molecular weight is 534 g/mol. The fourth-order valence-electron chi connectivity index (χ4n) is 7.73. The van der Waals surface area contributed by atoms with Gasteiger partial charge in [-0.2, -0.15) is 0 Å². The highest BCUT2D eigenvalue weighted by atomic mass is 16.4. The van der Waals surface area contributed by atoms with Gasteiger partial charge < -0.3 is 9.52 Å². The number of fused-ring (bicyclic) bond motifs is 4. The van der Waals surface area contributed by atoms with Gasteiger partial charge in [-0.05, 0) is 48.1 Å². The topological polar surface area (TPSA) is 114 Å². The van der Waals surface area contributed by atoms with Crippen molar-refractivity contribution in [2.24, 2.45) is 23.7 Å². The molecule has 1 saturated carbocycles. The van der Waals surface area contributed by atoms with E-state index < -0.39 is 35.0 Å². The summed E-state index contributed by atoms with van der Waals surface area (Å²) in [5.41, 5.74) is 1.22. The largest absolute Gasteiger partial charge is 0.463 e. The Morgan fingerprint density at radius 1 is 0.875 bits per heavy atom. The maximum atomic E-state index is 14.7. The fraction of sp³-hybridized carbons (Fsp3) is 0.273. The SMILES string of the molecule is O=C1NC(=O)[C@H]2CC=C3[C@@H](C[C@H]4C(=O)C(c5ccccc5)=CC(=O)[C@@]4(c4ccccc4)[C@H]3c3ccc(CO)o3)[C@@H]12. The van der Waals surface area contributed by atoms with Gasteiger partial charge in [-0.1, -0.05) is 72.3 Å². The summed E-state index contributed by atoms with van der Waals surface area (Å²) < 4.78 is 6.13. The van der Waals surface area contributed by atoms with Crippen LogP contribution in [0.1, 0.15) is 41.4 Å². The van der Waals surface area contributed by atoms with Gasteiger partial charge in [0, 0.05) is 11.5 Å². The summed E-state index contributed by atoms with van der Waals surface area (Å²) in [5, 5.41) is 12.3. The Hall–Kier alpha value is -4.36. The van der Waals surface area contributed by atoms with Crippen molar-refractivity contribution >= 4 is 29.0 Å². The summed E-state index contributed by atoms with van der Waals surface area (Å²) >= 11 is 0. The molecule has 200 valence electrons. The third kappa shape index (κ3) is 3.34. The molecule has 0 bridgehead atoms. The molecular formula is C33H27NO6. The molecule has 4 aliphatic rings. The number of hydrogen-bond acceptors (Lipinski definition) is 6. The lowest BCUT2D eigenvalue weighted by molar-refractivity contribution is -0.135. The predicted octanol–water partition coefficient (Wildman–Crippen LogP) is 3.88. The molecule has 1 aromatic heterocycles. The van der Waals surface area contributed by atoms with Crippen LogP contribution in [-0.4, -0.2) is 28.5 Å². The number of allylic oxidation sites excluding steroid dienone is 4. The molecule has 1 aliphatic heterocycles. The summed E-state index contributed by atoms with van der Waals surface area (Å²) in [5.74, 6) is -3.26. The van der Waals surface area contributed by atoms with Gasteiger partial charge in [0.05, 0.1) is 23.2 Å². The number of imide groups is 1. The van der Waals surface area contributed by atoms with Gasteiger partial charge in [0.1, 0.15) is 18.1 Å². The number of carbonyl (C=O) groups excluding carboxylic acids is 4. The van der Waals surface area contributed by atoms with E-state index in [0.717, 1.165) is 5.57 Å². The Morgan fingerprint density at radius 3 is 2.30 bits per heavy atom. The van der Waals surface area contributed by atoms with E-state index in [-0.39, 0.29) is 36.4 Å². The molecule has 7 heteroatoms. The molecule has 7 rings (SSSR count). The fourth-order valence-corrected chi connectivity index (χ4v) is 7.73. The van der Waals surface area contributed by atoms with Crippen molar-refractivity contribution in [3.8, 4) is 0 Å². The lowest BCUT2D eigenvalue weighted by atomic mass is 9.45. The van der Waals surface area contributed by atoms with Gasteiger partial charge in [-0.15, -0.1) is 0 Å². The lowest BCUT2D eigenvalue weighted by Gasteiger charge is -2.54. The van der Waals surface area contributed by atoms with Crippen LogP contribution in [0, 0.1) is 23.7 Å². The number of carbonyl (C=O) groups is 4. The number of aliphatic hydroxyl groups excluding tert-OH is 1. The van der Waals surface area contributed by atoms with Gasteiger partial charge in [-0.3, -0.25) is 24.5 Å².